The summed E-state index contributed by atoms with van der Waals surface area (Å²) in [7, 11) is 0. The van der Waals surface area contributed by atoms with Crippen molar-refractivity contribution in [1.82, 2.24) is 24.5 Å². The lowest BCUT2D eigenvalue weighted by Crippen LogP contribution is -2.32. The van der Waals surface area contributed by atoms with Crippen molar-refractivity contribution in [1.29, 1.82) is 0 Å². The molecule has 0 saturated carbocycles. The van der Waals surface area contributed by atoms with E-state index in [1.54, 1.807) is 6.07 Å². The summed E-state index contributed by atoms with van der Waals surface area (Å²) >= 11 is 0. The minimum absolute atomic E-state index is 0.0164. The van der Waals surface area contributed by atoms with Gasteiger partial charge in [-0.3, -0.25) is 9.20 Å². The quantitative estimate of drug-likeness (QED) is 0.731. The Morgan fingerprint density at radius 3 is 2.88 bits per heavy atom. The molecule has 0 aromatic carbocycles. The van der Waals surface area contributed by atoms with Crippen molar-refractivity contribution in [3.05, 3.63) is 53.6 Å². The van der Waals surface area contributed by atoms with E-state index in [1.165, 1.54) is 0 Å². The van der Waals surface area contributed by atoms with Crippen LogP contribution in [0.25, 0.3) is 5.65 Å². The smallest absolute Gasteiger partial charge is 0.272 e. The summed E-state index contributed by atoms with van der Waals surface area (Å²) in [6.07, 6.45) is 2.58. The molecule has 128 valence electrons. The minimum Gasteiger partial charge on any atom is -0.471 e. The number of ether oxygens (including phenoxy) is 1. The van der Waals surface area contributed by atoms with Crippen LogP contribution < -0.4 is 4.74 Å². The van der Waals surface area contributed by atoms with Gasteiger partial charge >= 0.3 is 0 Å². The van der Waals surface area contributed by atoms with Gasteiger partial charge in [0.1, 0.15) is 17.4 Å². The van der Waals surface area contributed by atoms with Crippen molar-refractivity contribution in [2.75, 3.05) is 13.1 Å². The molecule has 1 saturated heterocycles. The van der Waals surface area contributed by atoms with Gasteiger partial charge in [-0.15, -0.1) is 5.10 Å². The molecule has 1 amide bonds. The van der Waals surface area contributed by atoms with Gasteiger partial charge in [0.05, 0.1) is 17.9 Å². The van der Waals surface area contributed by atoms with Crippen LogP contribution >= 0.6 is 0 Å². The van der Waals surface area contributed by atoms with Gasteiger partial charge in [0.25, 0.3) is 5.91 Å². The van der Waals surface area contributed by atoms with Gasteiger partial charge in [-0.25, -0.2) is 4.98 Å². The third-order valence-electron chi connectivity index (χ3n) is 4.40. The molecule has 4 heterocycles. The number of imidazole rings is 1. The summed E-state index contributed by atoms with van der Waals surface area (Å²) in [4.78, 5) is 19.2. The van der Waals surface area contributed by atoms with Crippen LogP contribution in [0.2, 0.25) is 0 Å². The molecule has 0 N–H and O–H groups in total. The Morgan fingerprint density at radius 1 is 1.20 bits per heavy atom. The predicted octanol–water partition coefficient (Wildman–Crippen LogP) is 2.03. The first kappa shape index (κ1) is 15.6. The molecule has 0 spiro atoms. The fourth-order valence-electron chi connectivity index (χ4n) is 3.15. The highest BCUT2D eigenvalue weighted by Gasteiger charge is 2.31. The summed E-state index contributed by atoms with van der Waals surface area (Å²) in [5.41, 5.74) is 2.99. The molecule has 1 unspecified atom stereocenters. The van der Waals surface area contributed by atoms with Crippen molar-refractivity contribution in [3.63, 3.8) is 0 Å². The monoisotopic (exact) mass is 337 g/mol. The van der Waals surface area contributed by atoms with Gasteiger partial charge in [0.15, 0.2) is 0 Å². The number of rotatable bonds is 3. The average molecular weight is 337 g/mol. The fourth-order valence-corrected chi connectivity index (χ4v) is 3.15. The molecule has 1 atom stereocenters. The maximum atomic E-state index is 13.0. The van der Waals surface area contributed by atoms with Gasteiger partial charge in [-0.05, 0) is 32.0 Å². The van der Waals surface area contributed by atoms with E-state index in [2.05, 4.69) is 15.2 Å². The SMILES string of the molecule is Cc1ccc(OC2CCN(C(=O)c3c(C)nc4ccccn34)C2)nn1. The molecule has 0 aliphatic carbocycles. The van der Waals surface area contributed by atoms with Crippen molar-refractivity contribution in [2.45, 2.75) is 26.4 Å². The topological polar surface area (TPSA) is 72.6 Å². The molecule has 3 aromatic heterocycles. The molecule has 3 aromatic rings. The number of amides is 1. The lowest BCUT2D eigenvalue weighted by molar-refractivity contribution is 0.0763. The number of aromatic nitrogens is 4. The Bertz CT molecular complexity index is 919. The van der Waals surface area contributed by atoms with Gasteiger partial charge in [-0.1, -0.05) is 6.07 Å². The van der Waals surface area contributed by atoms with Crippen LogP contribution in [0.1, 0.15) is 28.3 Å². The maximum Gasteiger partial charge on any atom is 0.272 e. The van der Waals surface area contributed by atoms with Crippen molar-refractivity contribution < 1.29 is 9.53 Å². The fraction of sp³-hybridized carbons (Fsp3) is 0.333. The normalized spacial score (nSPS) is 17.2. The Labute approximate surface area is 145 Å². The van der Waals surface area contributed by atoms with Crippen LogP contribution in [0.5, 0.6) is 5.88 Å². The van der Waals surface area contributed by atoms with Gasteiger partial charge in [0, 0.05) is 25.2 Å². The number of fused-ring (bicyclic) bond motifs is 1. The number of nitrogens with zero attached hydrogens (tertiary/aromatic N) is 5. The lowest BCUT2D eigenvalue weighted by Gasteiger charge is -2.17. The number of hydrogen-bond acceptors (Lipinski definition) is 5. The third-order valence-corrected chi connectivity index (χ3v) is 4.40. The van der Waals surface area contributed by atoms with Gasteiger partial charge in [-0.2, -0.15) is 5.10 Å². The number of carbonyl (C=O) groups is 1. The minimum atomic E-state index is -0.0690. The number of pyridine rings is 1. The van der Waals surface area contributed by atoms with Gasteiger partial charge in [0.2, 0.25) is 5.88 Å². The second-order valence-corrected chi connectivity index (χ2v) is 6.27. The number of aryl methyl sites for hydroxylation is 2. The summed E-state index contributed by atoms with van der Waals surface area (Å²) < 4.78 is 7.70. The van der Waals surface area contributed by atoms with E-state index in [9.17, 15) is 4.79 Å². The Kier molecular flexibility index (Phi) is 3.83. The zero-order valence-electron chi connectivity index (χ0n) is 14.2. The standard InChI is InChI=1S/C18H19N5O2/c1-12-6-7-16(21-20-12)25-14-8-10-22(11-14)18(24)17-13(2)19-15-5-3-4-9-23(15)17/h3-7,9,14H,8,10-11H2,1-2H3. The Morgan fingerprint density at radius 2 is 2.08 bits per heavy atom. The zero-order valence-corrected chi connectivity index (χ0v) is 14.2. The Balaban J connectivity index is 1.50. The van der Waals surface area contributed by atoms with Crippen LogP contribution in [0, 0.1) is 13.8 Å². The predicted molar refractivity (Wildman–Crippen MR) is 91.6 cm³/mol. The first-order valence-electron chi connectivity index (χ1n) is 8.32. The van der Waals surface area contributed by atoms with Crippen molar-refractivity contribution in [2.24, 2.45) is 0 Å². The van der Waals surface area contributed by atoms with E-state index in [-0.39, 0.29) is 12.0 Å². The molecule has 1 aliphatic heterocycles. The molecule has 0 radical (unpaired) electrons. The largest absolute Gasteiger partial charge is 0.471 e. The molecule has 7 nitrogen and oxygen atoms in total. The number of hydrogen-bond donors (Lipinski definition) is 0. The van der Waals surface area contributed by atoms with E-state index < -0.39 is 0 Å². The number of likely N-dealkylation sites (tertiary alicyclic amines) is 1. The molecule has 1 aliphatic rings. The van der Waals surface area contributed by atoms with Gasteiger partial charge < -0.3 is 9.64 Å². The highest BCUT2D eigenvalue weighted by molar-refractivity contribution is 5.94. The number of carbonyl (C=O) groups excluding carboxylic acids is 1. The van der Waals surface area contributed by atoms with E-state index in [4.69, 9.17) is 4.74 Å². The van der Waals surface area contributed by atoms with Crippen LogP contribution in [-0.4, -0.2) is 49.6 Å². The van der Waals surface area contributed by atoms with Crippen LogP contribution in [-0.2, 0) is 0 Å². The summed E-state index contributed by atoms with van der Waals surface area (Å²) in [6.45, 7) is 4.94. The maximum absolute atomic E-state index is 13.0. The van der Waals surface area contributed by atoms with E-state index in [0.29, 0.717) is 24.7 Å². The highest BCUT2D eigenvalue weighted by atomic mass is 16.5. The molecular formula is C18H19N5O2. The van der Waals surface area contributed by atoms with E-state index >= 15 is 0 Å². The highest BCUT2D eigenvalue weighted by Crippen LogP contribution is 2.20. The van der Waals surface area contributed by atoms with Crippen molar-refractivity contribution >= 4 is 11.6 Å². The van der Waals surface area contributed by atoms with Crippen LogP contribution in [0.15, 0.2) is 36.5 Å². The van der Waals surface area contributed by atoms with Crippen LogP contribution in [0.3, 0.4) is 0 Å². The molecule has 1 fully saturated rings. The first-order chi connectivity index (χ1) is 12.1. The lowest BCUT2D eigenvalue weighted by atomic mass is 10.3. The second-order valence-electron chi connectivity index (χ2n) is 6.27. The molecule has 25 heavy (non-hydrogen) atoms. The molecular weight excluding hydrogens is 318 g/mol. The Hall–Kier alpha value is -2.96. The van der Waals surface area contributed by atoms with Crippen molar-refractivity contribution in [3.8, 4) is 5.88 Å². The van der Waals surface area contributed by atoms with E-state index in [1.807, 2.05) is 53.6 Å². The average Bonchev–Trinajstić information content (AvgIpc) is 3.20. The molecule has 0 bridgehead atoms. The summed E-state index contributed by atoms with van der Waals surface area (Å²) in [6, 6.07) is 9.38. The van der Waals surface area contributed by atoms with E-state index in [0.717, 1.165) is 23.5 Å². The van der Waals surface area contributed by atoms with Crippen LogP contribution in [0.4, 0.5) is 0 Å². The molecule has 7 heteroatoms. The summed E-state index contributed by atoms with van der Waals surface area (Å²) in [5.74, 6) is 0.480. The second kappa shape index (κ2) is 6.16. The first-order valence-corrected chi connectivity index (χ1v) is 8.32. The molecule has 4 rings (SSSR count). The summed E-state index contributed by atoms with van der Waals surface area (Å²) in [5, 5.41) is 8.02. The zero-order chi connectivity index (χ0) is 17.4. The third kappa shape index (κ3) is 2.93.